The number of thiazole rings is 1. The fourth-order valence-electron chi connectivity index (χ4n) is 1.15. The number of nitrogens with zero attached hydrogens (tertiary/aromatic N) is 1. The zero-order valence-electron chi connectivity index (χ0n) is 7.36. The molecule has 1 aromatic heterocycles. The second-order valence-corrected chi connectivity index (χ2v) is 3.62. The van der Waals surface area contributed by atoms with Crippen LogP contribution < -0.4 is 0 Å². The van der Waals surface area contributed by atoms with Crippen LogP contribution in [0.25, 0.3) is 0 Å². The molecule has 0 aliphatic carbocycles. The predicted molar refractivity (Wildman–Crippen MR) is 47.5 cm³/mol. The highest BCUT2D eigenvalue weighted by Crippen LogP contribution is 2.24. The second kappa shape index (κ2) is 4.15. The van der Waals surface area contributed by atoms with Gasteiger partial charge < -0.3 is 14.2 Å². The molecule has 1 aromatic rings. The van der Waals surface area contributed by atoms with Crippen LogP contribution in [0.4, 0.5) is 0 Å². The predicted octanol–water partition coefficient (Wildman–Crippen LogP) is 1.33. The normalized spacial score (nSPS) is 18.2. The highest BCUT2D eigenvalue weighted by atomic mass is 32.1. The highest BCUT2D eigenvalue weighted by molar-refractivity contribution is 7.09. The summed E-state index contributed by atoms with van der Waals surface area (Å²) in [5, 5.41) is 2.90. The van der Waals surface area contributed by atoms with Gasteiger partial charge in [-0.3, -0.25) is 0 Å². The van der Waals surface area contributed by atoms with Crippen LogP contribution in [-0.4, -0.2) is 25.3 Å². The molecule has 1 aliphatic rings. The van der Waals surface area contributed by atoms with E-state index in [1.165, 1.54) is 0 Å². The van der Waals surface area contributed by atoms with Gasteiger partial charge in [-0.1, -0.05) is 0 Å². The Hall–Kier alpha value is -0.490. The van der Waals surface area contributed by atoms with Gasteiger partial charge in [-0.25, -0.2) is 4.98 Å². The molecule has 2 rings (SSSR count). The van der Waals surface area contributed by atoms with Gasteiger partial charge in [0.2, 0.25) is 6.29 Å². The quantitative estimate of drug-likeness (QED) is 0.739. The monoisotopic (exact) mass is 201 g/mol. The van der Waals surface area contributed by atoms with E-state index < -0.39 is 0 Å². The van der Waals surface area contributed by atoms with E-state index in [4.69, 9.17) is 14.2 Å². The summed E-state index contributed by atoms with van der Waals surface area (Å²) in [5.74, 6) is 0. The maximum Gasteiger partial charge on any atom is 0.202 e. The lowest BCUT2D eigenvalue weighted by Gasteiger charge is -2.03. The Morgan fingerprint density at radius 3 is 3.08 bits per heavy atom. The second-order valence-electron chi connectivity index (χ2n) is 2.67. The number of hydrogen-bond donors (Lipinski definition) is 0. The molecule has 13 heavy (non-hydrogen) atoms. The molecule has 0 spiro atoms. The van der Waals surface area contributed by atoms with Crippen LogP contribution in [0.1, 0.15) is 17.0 Å². The first-order chi connectivity index (χ1) is 6.40. The first-order valence-electron chi connectivity index (χ1n) is 4.06. The van der Waals surface area contributed by atoms with Gasteiger partial charge in [-0.05, 0) is 0 Å². The van der Waals surface area contributed by atoms with Crippen molar-refractivity contribution in [2.45, 2.75) is 12.9 Å². The van der Waals surface area contributed by atoms with E-state index in [2.05, 4.69) is 4.98 Å². The molecule has 1 aliphatic heterocycles. The summed E-state index contributed by atoms with van der Waals surface area (Å²) in [6.07, 6.45) is -0.262. The van der Waals surface area contributed by atoms with Gasteiger partial charge in [0.15, 0.2) is 0 Å². The fourth-order valence-corrected chi connectivity index (χ4v) is 1.92. The van der Waals surface area contributed by atoms with E-state index in [1.54, 1.807) is 18.4 Å². The molecule has 1 saturated heterocycles. The molecular weight excluding hydrogens is 190 g/mol. The fraction of sp³-hybridized carbons (Fsp3) is 0.625. The van der Waals surface area contributed by atoms with Crippen molar-refractivity contribution < 1.29 is 14.2 Å². The number of ether oxygens (including phenoxy) is 3. The summed E-state index contributed by atoms with van der Waals surface area (Å²) in [5.41, 5.74) is 0.856. The van der Waals surface area contributed by atoms with Gasteiger partial charge in [-0.2, -0.15) is 0 Å². The summed E-state index contributed by atoms with van der Waals surface area (Å²) in [4.78, 5) is 4.33. The Balaban J connectivity index is 2.03. The Bertz CT molecular complexity index is 270. The van der Waals surface area contributed by atoms with Crippen molar-refractivity contribution in [3.8, 4) is 0 Å². The summed E-state index contributed by atoms with van der Waals surface area (Å²) in [7, 11) is 1.66. The molecule has 5 heteroatoms. The van der Waals surface area contributed by atoms with Crippen LogP contribution >= 0.6 is 11.3 Å². The van der Waals surface area contributed by atoms with E-state index in [-0.39, 0.29) is 6.29 Å². The van der Waals surface area contributed by atoms with Crippen LogP contribution in [0.15, 0.2) is 5.38 Å². The third kappa shape index (κ3) is 2.05. The van der Waals surface area contributed by atoms with Crippen LogP contribution in [0, 0.1) is 0 Å². The van der Waals surface area contributed by atoms with Gasteiger partial charge in [0.25, 0.3) is 0 Å². The zero-order chi connectivity index (χ0) is 9.10. The van der Waals surface area contributed by atoms with Crippen LogP contribution in [-0.2, 0) is 20.8 Å². The topological polar surface area (TPSA) is 40.6 Å². The number of aromatic nitrogens is 1. The number of methoxy groups -OCH3 is 1. The third-order valence-electron chi connectivity index (χ3n) is 1.70. The molecule has 0 radical (unpaired) electrons. The lowest BCUT2D eigenvalue weighted by atomic mass is 10.5. The van der Waals surface area contributed by atoms with Crippen molar-refractivity contribution in [1.82, 2.24) is 4.98 Å². The number of hydrogen-bond acceptors (Lipinski definition) is 5. The maximum absolute atomic E-state index is 5.31. The van der Waals surface area contributed by atoms with E-state index in [9.17, 15) is 0 Å². The summed E-state index contributed by atoms with van der Waals surface area (Å²) in [6, 6.07) is 0. The molecule has 0 atom stereocenters. The average Bonchev–Trinajstić information content (AvgIpc) is 2.70. The summed E-state index contributed by atoms with van der Waals surface area (Å²) in [6.45, 7) is 1.86. The van der Waals surface area contributed by atoms with Gasteiger partial charge in [-0.15, -0.1) is 11.3 Å². The molecule has 0 saturated carbocycles. The molecular formula is C8H11NO3S. The Kier molecular flexibility index (Phi) is 2.90. The molecule has 0 N–H and O–H groups in total. The van der Waals surface area contributed by atoms with Crippen molar-refractivity contribution in [3.05, 3.63) is 16.1 Å². The average molecular weight is 201 g/mol. The largest absolute Gasteiger partial charge is 0.378 e. The maximum atomic E-state index is 5.31. The lowest BCUT2D eigenvalue weighted by Crippen LogP contribution is -1.98. The molecule has 0 aromatic carbocycles. The molecule has 1 fully saturated rings. The molecule has 0 unspecified atom stereocenters. The van der Waals surface area contributed by atoms with E-state index in [1.807, 2.05) is 5.38 Å². The minimum atomic E-state index is -0.262. The van der Waals surface area contributed by atoms with Gasteiger partial charge in [0, 0.05) is 12.5 Å². The van der Waals surface area contributed by atoms with Crippen molar-refractivity contribution in [3.63, 3.8) is 0 Å². The van der Waals surface area contributed by atoms with Crippen molar-refractivity contribution in [2.75, 3.05) is 20.3 Å². The van der Waals surface area contributed by atoms with Crippen molar-refractivity contribution >= 4 is 11.3 Å². The minimum Gasteiger partial charge on any atom is -0.378 e. The summed E-state index contributed by atoms with van der Waals surface area (Å²) >= 11 is 1.56. The van der Waals surface area contributed by atoms with Gasteiger partial charge in [0.05, 0.1) is 19.8 Å². The molecule has 0 amide bonds. The molecule has 2 heterocycles. The Labute approximate surface area is 80.5 Å². The Morgan fingerprint density at radius 1 is 1.62 bits per heavy atom. The first-order valence-corrected chi connectivity index (χ1v) is 4.94. The smallest absolute Gasteiger partial charge is 0.202 e. The first kappa shape index (κ1) is 9.08. The highest BCUT2D eigenvalue weighted by Gasteiger charge is 2.20. The van der Waals surface area contributed by atoms with E-state index in [0.717, 1.165) is 10.7 Å². The zero-order valence-corrected chi connectivity index (χ0v) is 8.17. The SMILES string of the molecule is COCc1nc(C2OCCO2)cs1. The van der Waals surface area contributed by atoms with E-state index >= 15 is 0 Å². The molecule has 4 nitrogen and oxygen atoms in total. The van der Waals surface area contributed by atoms with Crippen LogP contribution in [0.2, 0.25) is 0 Å². The van der Waals surface area contributed by atoms with Gasteiger partial charge >= 0.3 is 0 Å². The van der Waals surface area contributed by atoms with E-state index in [0.29, 0.717) is 19.8 Å². The molecule has 0 bridgehead atoms. The number of rotatable bonds is 3. The van der Waals surface area contributed by atoms with Gasteiger partial charge in [0.1, 0.15) is 10.7 Å². The Morgan fingerprint density at radius 2 is 2.38 bits per heavy atom. The summed E-state index contributed by atoms with van der Waals surface area (Å²) < 4.78 is 15.6. The molecule has 72 valence electrons. The minimum absolute atomic E-state index is 0.262. The lowest BCUT2D eigenvalue weighted by molar-refractivity contribution is -0.0470. The van der Waals surface area contributed by atoms with Crippen LogP contribution in [0.5, 0.6) is 0 Å². The third-order valence-corrected chi connectivity index (χ3v) is 2.54. The standard InChI is InChI=1S/C8H11NO3S/c1-10-4-7-9-6(5-13-7)8-11-2-3-12-8/h5,8H,2-4H2,1H3. The van der Waals surface area contributed by atoms with Crippen molar-refractivity contribution in [2.24, 2.45) is 0 Å². The van der Waals surface area contributed by atoms with Crippen molar-refractivity contribution in [1.29, 1.82) is 0 Å². The van der Waals surface area contributed by atoms with Crippen LogP contribution in [0.3, 0.4) is 0 Å².